The van der Waals surface area contributed by atoms with Gasteiger partial charge in [-0.25, -0.2) is 0 Å². The van der Waals surface area contributed by atoms with E-state index in [0.29, 0.717) is 0 Å². The molecule has 1 fully saturated rings. The fraction of sp³-hybridized carbons (Fsp3) is 0.625. The number of anilines is 1. The largest absolute Gasteiger partial charge is 0.384 e. The molecule has 1 aromatic rings. The van der Waals surface area contributed by atoms with Gasteiger partial charge in [-0.05, 0) is 49.8 Å². The average molecular weight is 244 g/mol. The molecule has 1 heterocycles. The molecule has 1 aliphatic heterocycles. The van der Waals surface area contributed by atoms with E-state index in [0.717, 1.165) is 25.0 Å². The Labute approximate surface area is 110 Å². The lowest BCUT2D eigenvalue weighted by molar-refractivity contribution is 0.233. The van der Waals surface area contributed by atoms with Crippen LogP contribution in [0.25, 0.3) is 0 Å². The van der Waals surface area contributed by atoms with Crippen molar-refractivity contribution in [2.45, 2.75) is 45.2 Å². The third kappa shape index (κ3) is 2.26. The molecule has 0 spiro atoms. The van der Waals surface area contributed by atoms with Crippen LogP contribution in [-0.2, 0) is 13.0 Å². The minimum atomic E-state index is 0.789. The summed E-state index contributed by atoms with van der Waals surface area (Å²) in [5.41, 5.74) is 4.39. The van der Waals surface area contributed by atoms with Crippen LogP contribution in [0.1, 0.15) is 37.3 Å². The summed E-state index contributed by atoms with van der Waals surface area (Å²) in [5, 5.41) is 3.55. The highest BCUT2D eigenvalue weighted by Crippen LogP contribution is 2.31. The number of rotatable bonds is 3. The number of nitrogens with one attached hydrogen (secondary N) is 1. The van der Waals surface area contributed by atoms with Crippen LogP contribution in [0.3, 0.4) is 0 Å². The van der Waals surface area contributed by atoms with E-state index in [4.69, 9.17) is 0 Å². The molecule has 2 heteroatoms. The van der Waals surface area contributed by atoms with E-state index in [1.54, 1.807) is 0 Å². The Morgan fingerprint density at radius 3 is 3.00 bits per heavy atom. The normalized spacial score (nSPS) is 26.4. The first-order chi connectivity index (χ1) is 8.74. The van der Waals surface area contributed by atoms with Crippen LogP contribution in [0.2, 0.25) is 0 Å². The maximum Gasteiger partial charge on any atom is 0.0419 e. The zero-order chi connectivity index (χ0) is 12.5. The third-order valence-corrected chi connectivity index (χ3v) is 4.64. The minimum Gasteiger partial charge on any atom is -0.384 e. The van der Waals surface area contributed by atoms with Gasteiger partial charge in [0.2, 0.25) is 0 Å². The van der Waals surface area contributed by atoms with Crippen LogP contribution in [0.5, 0.6) is 0 Å². The van der Waals surface area contributed by atoms with Gasteiger partial charge in [0.05, 0.1) is 0 Å². The fourth-order valence-corrected chi connectivity index (χ4v) is 3.52. The number of benzene rings is 1. The van der Waals surface area contributed by atoms with Crippen LogP contribution < -0.4 is 5.32 Å². The van der Waals surface area contributed by atoms with Gasteiger partial charge in [-0.15, -0.1) is 0 Å². The second kappa shape index (κ2) is 4.93. The first-order valence-electron chi connectivity index (χ1n) is 7.29. The van der Waals surface area contributed by atoms with E-state index >= 15 is 0 Å². The molecule has 2 unspecified atom stereocenters. The van der Waals surface area contributed by atoms with E-state index in [1.807, 2.05) is 0 Å². The molecule has 2 atom stereocenters. The summed E-state index contributed by atoms with van der Waals surface area (Å²) in [4.78, 5) is 2.55. The van der Waals surface area contributed by atoms with Crippen molar-refractivity contribution in [3.63, 3.8) is 0 Å². The zero-order valence-electron chi connectivity index (χ0n) is 11.6. The molecule has 0 radical (unpaired) electrons. The van der Waals surface area contributed by atoms with Crippen LogP contribution in [0, 0.1) is 5.92 Å². The SMILES string of the molecule is CC1CCC(N(C)Cc2cccc3c2NCC3)C1. The summed E-state index contributed by atoms with van der Waals surface area (Å²) in [7, 11) is 2.29. The van der Waals surface area contributed by atoms with Gasteiger partial charge in [0.1, 0.15) is 0 Å². The Bertz CT molecular complexity index is 427. The standard InChI is InChI=1S/C16H24N2/c1-12-6-7-15(10-12)18(2)11-14-5-3-4-13-8-9-17-16(13)14/h3-5,12,15,17H,6-11H2,1-2H3. The van der Waals surface area contributed by atoms with Gasteiger partial charge in [0.15, 0.2) is 0 Å². The molecule has 1 aromatic carbocycles. The molecule has 1 N–H and O–H groups in total. The predicted molar refractivity (Wildman–Crippen MR) is 76.9 cm³/mol. The van der Waals surface area contributed by atoms with E-state index < -0.39 is 0 Å². The second-order valence-corrected chi connectivity index (χ2v) is 6.12. The lowest BCUT2D eigenvalue weighted by Gasteiger charge is -2.25. The highest BCUT2D eigenvalue weighted by molar-refractivity contribution is 5.61. The molecule has 2 aliphatic rings. The maximum absolute atomic E-state index is 3.55. The zero-order valence-corrected chi connectivity index (χ0v) is 11.6. The second-order valence-electron chi connectivity index (χ2n) is 6.12. The highest BCUT2D eigenvalue weighted by atomic mass is 15.1. The van der Waals surface area contributed by atoms with Crippen molar-refractivity contribution < 1.29 is 0 Å². The number of hydrogen-bond donors (Lipinski definition) is 1. The number of para-hydroxylation sites is 1. The number of fused-ring (bicyclic) bond motifs is 1. The van der Waals surface area contributed by atoms with Gasteiger partial charge in [0.25, 0.3) is 0 Å². The van der Waals surface area contributed by atoms with E-state index in [2.05, 4.69) is 42.4 Å². The minimum absolute atomic E-state index is 0.789. The van der Waals surface area contributed by atoms with Crippen molar-refractivity contribution in [1.29, 1.82) is 0 Å². The fourth-order valence-electron chi connectivity index (χ4n) is 3.52. The lowest BCUT2D eigenvalue weighted by atomic mass is 10.1. The Kier molecular flexibility index (Phi) is 3.29. The van der Waals surface area contributed by atoms with Crippen LogP contribution >= 0.6 is 0 Å². The Hall–Kier alpha value is -1.02. The van der Waals surface area contributed by atoms with Gasteiger partial charge in [-0.2, -0.15) is 0 Å². The predicted octanol–water partition coefficient (Wildman–Crippen LogP) is 3.28. The lowest BCUT2D eigenvalue weighted by Crippen LogP contribution is -2.29. The quantitative estimate of drug-likeness (QED) is 0.878. The summed E-state index contributed by atoms with van der Waals surface area (Å²) in [6.45, 7) is 4.58. The van der Waals surface area contributed by atoms with Crippen molar-refractivity contribution in [1.82, 2.24) is 4.90 Å². The molecule has 0 amide bonds. The van der Waals surface area contributed by atoms with Crippen LogP contribution in [-0.4, -0.2) is 24.5 Å². The molecular formula is C16H24N2. The topological polar surface area (TPSA) is 15.3 Å². The van der Waals surface area contributed by atoms with Crippen molar-refractivity contribution in [3.8, 4) is 0 Å². The first kappa shape index (κ1) is 12.0. The third-order valence-electron chi connectivity index (χ3n) is 4.64. The highest BCUT2D eigenvalue weighted by Gasteiger charge is 2.25. The van der Waals surface area contributed by atoms with Gasteiger partial charge >= 0.3 is 0 Å². The van der Waals surface area contributed by atoms with E-state index in [9.17, 15) is 0 Å². The van der Waals surface area contributed by atoms with Gasteiger partial charge in [-0.3, -0.25) is 4.90 Å². The molecule has 3 rings (SSSR count). The molecule has 1 saturated carbocycles. The number of nitrogens with zero attached hydrogens (tertiary/aromatic N) is 1. The maximum atomic E-state index is 3.55. The Morgan fingerprint density at radius 1 is 1.33 bits per heavy atom. The molecule has 18 heavy (non-hydrogen) atoms. The monoisotopic (exact) mass is 244 g/mol. The Balaban J connectivity index is 1.71. The molecular weight excluding hydrogens is 220 g/mol. The van der Waals surface area contributed by atoms with Crippen molar-refractivity contribution in [2.24, 2.45) is 5.92 Å². The number of hydrogen-bond acceptors (Lipinski definition) is 2. The molecule has 1 aliphatic carbocycles. The molecule has 98 valence electrons. The summed E-state index contributed by atoms with van der Waals surface area (Å²) in [5.74, 6) is 0.914. The van der Waals surface area contributed by atoms with Gasteiger partial charge in [-0.1, -0.05) is 25.1 Å². The van der Waals surface area contributed by atoms with Crippen molar-refractivity contribution in [2.75, 3.05) is 18.9 Å². The first-order valence-corrected chi connectivity index (χ1v) is 7.29. The molecule has 0 bridgehead atoms. The van der Waals surface area contributed by atoms with Crippen LogP contribution in [0.4, 0.5) is 5.69 Å². The van der Waals surface area contributed by atoms with E-state index in [-0.39, 0.29) is 0 Å². The van der Waals surface area contributed by atoms with Crippen LogP contribution in [0.15, 0.2) is 18.2 Å². The molecule has 2 nitrogen and oxygen atoms in total. The molecule has 0 saturated heterocycles. The van der Waals surface area contributed by atoms with Crippen molar-refractivity contribution >= 4 is 5.69 Å². The summed E-state index contributed by atoms with van der Waals surface area (Å²) < 4.78 is 0. The Morgan fingerprint density at radius 2 is 2.22 bits per heavy atom. The van der Waals surface area contributed by atoms with E-state index in [1.165, 1.54) is 42.5 Å². The molecule has 0 aromatic heterocycles. The van der Waals surface area contributed by atoms with Gasteiger partial charge in [0, 0.05) is 24.8 Å². The smallest absolute Gasteiger partial charge is 0.0419 e. The summed E-state index contributed by atoms with van der Waals surface area (Å²) in [6.07, 6.45) is 5.34. The summed E-state index contributed by atoms with van der Waals surface area (Å²) >= 11 is 0. The van der Waals surface area contributed by atoms with Gasteiger partial charge < -0.3 is 5.32 Å². The summed E-state index contributed by atoms with van der Waals surface area (Å²) in [6, 6.07) is 7.55. The average Bonchev–Trinajstić information content (AvgIpc) is 2.97. The van der Waals surface area contributed by atoms with Crippen molar-refractivity contribution in [3.05, 3.63) is 29.3 Å².